The van der Waals surface area contributed by atoms with E-state index in [1.165, 1.54) is 5.92 Å². The topological polar surface area (TPSA) is 26.3 Å². The molecule has 0 aromatic heterocycles. The zero-order chi connectivity index (χ0) is 14.8. The van der Waals surface area contributed by atoms with E-state index < -0.39 is 34.9 Å². The molecule has 1 aromatic rings. The van der Waals surface area contributed by atoms with Crippen molar-refractivity contribution in [3.05, 3.63) is 35.4 Å². The normalized spacial score (nSPS) is 14.4. The molecule has 102 valence electrons. The summed E-state index contributed by atoms with van der Waals surface area (Å²) in [5, 5.41) is 0. The molecular weight excluding hydrogens is 271 g/mol. The van der Waals surface area contributed by atoms with Crippen LogP contribution < -0.4 is 0 Å². The molecule has 0 heterocycles. The van der Waals surface area contributed by atoms with Crippen molar-refractivity contribution in [3.63, 3.8) is 0 Å². The molecule has 0 amide bonds. The van der Waals surface area contributed by atoms with E-state index in [1.807, 2.05) is 0 Å². The minimum Gasteiger partial charge on any atom is -0.432 e. The summed E-state index contributed by atoms with van der Waals surface area (Å²) in [6.45, 7) is 0.720. The van der Waals surface area contributed by atoms with Crippen LogP contribution in [-0.2, 0) is 15.1 Å². The van der Waals surface area contributed by atoms with Gasteiger partial charge in [0.15, 0.2) is 11.6 Å². The highest BCUT2D eigenvalue weighted by atomic mass is 19.4. The third-order valence-electron chi connectivity index (χ3n) is 2.23. The van der Waals surface area contributed by atoms with Crippen molar-refractivity contribution in [2.75, 3.05) is 0 Å². The molecule has 1 rings (SSSR count). The first-order valence-electron chi connectivity index (χ1n) is 4.83. The second-order valence-corrected chi connectivity index (χ2v) is 3.55. The van der Waals surface area contributed by atoms with E-state index in [0.29, 0.717) is 12.1 Å². The van der Waals surface area contributed by atoms with Crippen molar-refractivity contribution in [1.29, 1.82) is 0 Å². The minimum atomic E-state index is -5.18. The molecule has 0 spiro atoms. The van der Waals surface area contributed by atoms with Gasteiger partial charge in [0.05, 0.1) is 0 Å². The van der Waals surface area contributed by atoms with Crippen molar-refractivity contribution >= 4 is 5.97 Å². The van der Waals surface area contributed by atoms with Crippen LogP contribution in [0.25, 0.3) is 0 Å². The smallest absolute Gasteiger partial charge is 0.432 e. The number of hydrogen-bond donors (Lipinski definition) is 0. The van der Waals surface area contributed by atoms with Crippen LogP contribution in [0.5, 0.6) is 0 Å². The number of ether oxygens (including phenoxy) is 1. The second kappa shape index (κ2) is 4.88. The monoisotopic (exact) mass is 278 g/mol. The fourth-order valence-corrected chi connectivity index (χ4v) is 1.41. The van der Waals surface area contributed by atoms with E-state index >= 15 is 0 Å². The third-order valence-corrected chi connectivity index (χ3v) is 2.23. The summed E-state index contributed by atoms with van der Waals surface area (Å²) < 4.78 is 69.0. The first kappa shape index (κ1) is 15.0. The Morgan fingerprint density at radius 3 is 2.21 bits per heavy atom. The van der Waals surface area contributed by atoms with Gasteiger partial charge < -0.3 is 4.74 Å². The van der Waals surface area contributed by atoms with Gasteiger partial charge in [-0.2, -0.15) is 13.2 Å². The average Bonchev–Trinajstić information content (AvgIpc) is 2.27. The Balaban J connectivity index is 3.51. The number of hydrogen-bond acceptors (Lipinski definition) is 2. The molecule has 1 aromatic carbocycles. The van der Waals surface area contributed by atoms with Crippen LogP contribution in [0.15, 0.2) is 18.2 Å². The molecule has 0 fully saturated rings. The van der Waals surface area contributed by atoms with Gasteiger partial charge in [0.25, 0.3) is 5.60 Å². The zero-order valence-electron chi connectivity index (χ0n) is 9.52. The number of carbonyl (C=O) groups excluding carboxylic acids is 1. The van der Waals surface area contributed by atoms with E-state index in [-0.39, 0.29) is 6.07 Å². The van der Waals surface area contributed by atoms with Crippen molar-refractivity contribution in [2.24, 2.45) is 0 Å². The highest BCUT2D eigenvalue weighted by molar-refractivity contribution is 5.67. The predicted molar refractivity (Wildman–Crippen MR) is 54.7 cm³/mol. The number of terminal acetylenes is 1. The maximum absolute atomic E-state index is 13.0. The Morgan fingerprint density at radius 2 is 1.84 bits per heavy atom. The van der Waals surface area contributed by atoms with Gasteiger partial charge in [-0.05, 0) is 18.1 Å². The zero-order valence-corrected chi connectivity index (χ0v) is 9.52. The molecular formula is C12H7F5O2. The van der Waals surface area contributed by atoms with Crippen molar-refractivity contribution < 1.29 is 31.5 Å². The first-order valence-corrected chi connectivity index (χ1v) is 4.83. The fraction of sp³-hybridized carbons (Fsp3) is 0.250. The molecule has 0 radical (unpaired) electrons. The molecule has 0 saturated heterocycles. The van der Waals surface area contributed by atoms with Gasteiger partial charge in [-0.25, -0.2) is 8.78 Å². The summed E-state index contributed by atoms with van der Waals surface area (Å²) in [4.78, 5) is 10.8. The van der Waals surface area contributed by atoms with Crippen molar-refractivity contribution in [2.45, 2.75) is 18.7 Å². The van der Waals surface area contributed by atoms with Gasteiger partial charge in [-0.3, -0.25) is 4.79 Å². The summed E-state index contributed by atoms with van der Waals surface area (Å²) in [6.07, 6.45) is -0.384. The van der Waals surface area contributed by atoms with Gasteiger partial charge >= 0.3 is 12.1 Å². The lowest BCUT2D eigenvalue weighted by atomic mass is 9.93. The second-order valence-electron chi connectivity index (χ2n) is 3.55. The number of benzene rings is 1. The SMILES string of the molecule is C#CC(OC(C)=O)(c1ccc(F)c(F)c1)C(F)(F)F. The van der Waals surface area contributed by atoms with E-state index in [1.54, 1.807) is 0 Å². The van der Waals surface area contributed by atoms with Gasteiger partial charge in [0.2, 0.25) is 0 Å². The maximum atomic E-state index is 13.0. The van der Waals surface area contributed by atoms with Gasteiger partial charge in [0, 0.05) is 12.5 Å². The quantitative estimate of drug-likeness (QED) is 0.472. The van der Waals surface area contributed by atoms with E-state index in [2.05, 4.69) is 4.74 Å². The van der Waals surface area contributed by atoms with Crippen LogP contribution >= 0.6 is 0 Å². The highest BCUT2D eigenvalue weighted by Gasteiger charge is 2.58. The molecule has 1 atom stereocenters. The lowest BCUT2D eigenvalue weighted by Gasteiger charge is -2.30. The van der Waals surface area contributed by atoms with E-state index in [9.17, 15) is 26.7 Å². The van der Waals surface area contributed by atoms with E-state index in [4.69, 9.17) is 6.42 Å². The Hall–Kier alpha value is -2.10. The predicted octanol–water partition coefficient (Wildman–Crippen LogP) is 2.92. The average molecular weight is 278 g/mol. The summed E-state index contributed by atoms with van der Waals surface area (Å²) >= 11 is 0. The first-order chi connectivity index (χ1) is 8.64. The van der Waals surface area contributed by atoms with Crippen LogP contribution in [0.1, 0.15) is 12.5 Å². The van der Waals surface area contributed by atoms with E-state index in [0.717, 1.165) is 6.92 Å². The Bertz CT molecular complexity index is 544. The molecule has 7 heteroatoms. The molecule has 0 saturated carbocycles. The number of esters is 1. The van der Waals surface area contributed by atoms with Crippen LogP contribution in [-0.4, -0.2) is 12.1 Å². The van der Waals surface area contributed by atoms with Crippen molar-refractivity contribution in [1.82, 2.24) is 0 Å². The molecule has 0 aliphatic heterocycles. The number of halogens is 5. The van der Waals surface area contributed by atoms with Gasteiger partial charge in [-0.15, -0.1) is 6.42 Å². The lowest BCUT2D eigenvalue weighted by Crippen LogP contribution is -2.45. The van der Waals surface area contributed by atoms with Gasteiger partial charge in [-0.1, -0.05) is 6.07 Å². The standard InChI is InChI=1S/C12H7F5O2/c1-3-11(12(15,16)17,19-7(2)18)8-4-5-9(13)10(14)6-8/h1,4-6H,2H3. The summed E-state index contributed by atoms with van der Waals surface area (Å²) in [6, 6.07) is 1.31. The molecule has 2 nitrogen and oxygen atoms in total. The minimum absolute atomic E-state index is 0.242. The maximum Gasteiger partial charge on any atom is 0.445 e. The van der Waals surface area contributed by atoms with Crippen LogP contribution in [0, 0.1) is 24.0 Å². The molecule has 0 bridgehead atoms. The Morgan fingerprint density at radius 1 is 1.26 bits per heavy atom. The van der Waals surface area contributed by atoms with Crippen molar-refractivity contribution in [3.8, 4) is 12.3 Å². The number of rotatable bonds is 2. The largest absolute Gasteiger partial charge is 0.445 e. The molecule has 0 N–H and O–H groups in total. The lowest BCUT2D eigenvalue weighted by molar-refractivity contribution is -0.252. The number of carbonyl (C=O) groups is 1. The fourth-order valence-electron chi connectivity index (χ4n) is 1.41. The molecule has 19 heavy (non-hydrogen) atoms. The molecule has 0 aliphatic rings. The molecule has 1 unspecified atom stereocenters. The van der Waals surface area contributed by atoms with Crippen LogP contribution in [0.3, 0.4) is 0 Å². The summed E-state index contributed by atoms with van der Waals surface area (Å²) in [7, 11) is 0. The highest BCUT2D eigenvalue weighted by Crippen LogP contribution is 2.42. The molecule has 0 aliphatic carbocycles. The van der Waals surface area contributed by atoms with Crippen LogP contribution in [0.2, 0.25) is 0 Å². The summed E-state index contributed by atoms with van der Waals surface area (Å²) in [5.41, 5.74) is -4.34. The summed E-state index contributed by atoms with van der Waals surface area (Å²) in [5.74, 6) is -2.89. The third kappa shape index (κ3) is 2.67. The Kier molecular flexibility index (Phi) is 3.84. The van der Waals surface area contributed by atoms with Crippen LogP contribution in [0.4, 0.5) is 22.0 Å². The Labute approximate surface area is 105 Å². The number of alkyl halides is 3. The van der Waals surface area contributed by atoms with Gasteiger partial charge in [0.1, 0.15) is 0 Å².